The number of hydrogen-bond acceptors (Lipinski definition) is 3. The van der Waals surface area contributed by atoms with E-state index < -0.39 is 19.8 Å². The van der Waals surface area contributed by atoms with Gasteiger partial charge in [-0.2, -0.15) is 0 Å². The molecule has 0 aliphatic heterocycles. The van der Waals surface area contributed by atoms with Crippen LogP contribution < -0.4 is 0 Å². The lowest BCUT2D eigenvalue weighted by molar-refractivity contribution is 0.137. The SMILES string of the molecule is C#CC(C)(C)C(C=C)O[P+](=O)OCC=C. The Bertz CT molecular complexity index is 289. The number of hydrogen-bond donors (Lipinski definition) is 0. The Morgan fingerprint density at radius 3 is 2.60 bits per heavy atom. The molecule has 0 radical (unpaired) electrons. The van der Waals surface area contributed by atoms with Gasteiger partial charge in [-0.25, -0.2) is 0 Å². The van der Waals surface area contributed by atoms with Crippen molar-refractivity contribution < 1.29 is 13.6 Å². The van der Waals surface area contributed by atoms with Crippen LogP contribution in [0.4, 0.5) is 0 Å². The normalized spacial score (nSPS) is 13.8. The number of terminal acetylenes is 1. The quantitative estimate of drug-likeness (QED) is 0.381. The summed E-state index contributed by atoms with van der Waals surface area (Å²) in [6, 6.07) is 0. The van der Waals surface area contributed by atoms with Gasteiger partial charge in [0, 0.05) is 4.57 Å². The highest BCUT2D eigenvalue weighted by Crippen LogP contribution is 2.33. The standard InChI is InChI=1S/C11H16O3P/c1-6-9-13-15(12)14-10(7-2)11(4,5)8-3/h3,6-7,10H,1-2,9H2,4-5H3/q+1. The second-order valence-corrected chi connectivity index (χ2v) is 4.35. The second-order valence-electron chi connectivity index (χ2n) is 3.44. The van der Waals surface area contributed by atoms with Gasteiger partial charge in [0.1, 0.15) is 12.7 Å². The van der Waals surface area contributed by atoms with Crippen LogP contribution in [0.2, 0.25) is 0 Å². The van der Waals surface area contributed by atoms with Gasteiger partial charge in [-0.15, -0.1) is 28.6 Å². The first-order valence-electron chi connectivity index (χ1n) is 4.46. The lowest BCUT2D eigenvalue weighted by Crippen LogP contribution is -2.26. The van der Waals surface area contributed by atoms with Gasteiger partial charge in [-0.05, 0) is 13.8 Å². The van der Waals surface area contributed by atoms with Gasteiger partial charge < -0.3 is 0 Å². The molecular formula is C11H16O3P+. The molecule has 0 aliphatic carbocycles. The molecule has 0 fully saturated rings. The van der Waals surface area contributed by atoms with Crippen molar-refractivity contribution in [2.75, 3.05) is 6.61 Å². The summed E-state index contributed by atoms with van der Waals surface area (Å²) in [4.78, 5) is 0. The van der Waals surface area contributed by atoms with Crippen molar-refractivity contribution in [3.8, 4) is 12.3 Å². The smallest absolute Gasteiger partial charge is 0.119 e. The zero-order valence-electron chi connectivity index (χ0n) is 9.10. The lowest BCUT2D eigenvalue weighted by Gasteiger charge is -2.20. The monoisotopic (exact) mass is 227 g/mol. The zero-order valence-corrected chi connectivity index (χ0v) is 10.00. The maximum absolute atomic E-state index is 11.3. The summed E-state index contributed by atoms with van der Waals surface area (Å²) >= 11 is 0. The summed E-state index contributed by atoms with van der Waals surface area (Å²) in [5, 5.41) is 0. The summed E-state index contributed by atoms with van der Waals surface area (Å²) in [5.41, 5.74) is -0.565. The fourth-order valence-corrected chi connectivity index (χ4v) is 1.61. The molecule has 0 bridgehead atoms. The van der Waals surface area contributed by atoms with E-state index in [-0.39, 0.29) is 6.61 Å². The predicted molar refractivity (Wildman–Crippen MR) is 61.4 cm³/mol. The fraction of sp³-hybridized carbons (Fsp3) is 0.455. The summed E-state index contributed by atoms with van der Waals surface area (Å²) in [7, 11) is -2.19. The average molecular weight is 227 g/mol. The molecule has 2 atom stereocenters. The third-order valence-corrected chi connectivity index (χ3v) is 2.55. The van der Waals surface area contributed by atoms with E-state index in [2.05, 4.69) is 19.1 Å². The van der Waals surface area contributed by atoms with Crippen LogP contribution >= 0.6 is 8.25 Å². The largest absolute Gasteiger partial charge is 0.698 e. The molecule has 0 heterocycles. The molecule has 0 amide bonds. The Morgan fingerprint density at radius 2 is 2.20 bits per heavy atom. The molecular weight excluding hydrogens is 211 g/mol. The molecule has 0 rings (SSSR count). The number of rotatable bonds is 7. The van der Waals surface area contributed by atoms with Crippen LogP contribution in [0.25, 0.3) is 0 Å². The Morgan fingerprint density at radius 1 is 1.60 bits per heavy atom. The van der Waals surface area contributed by atoms with Crippen LogP contribution in [-0.4, -0.2) is 12.7 Å². The zero-order chi connectivity index (χ0) is 11.9. The Kier molecular flexibility index (Phi) is 6.12. The van der Waals surface area contributed by atoms with Crippen LogP contribution in [0.1, 0.15) is 13.8 Å². The van der Waals surface area contributed by atoms with E-state index in [1.165, 1.54) is 12.2 Å². The van der Waals surface area contributed by atoms with E-state index in [0.717, 1.165) is 0 Å². The minimum Gasteiger partial charge on any atom is -0.119 e. The van der Waals surface area contributed by atoms with E-state index in [1.807, 2.05) is 0 Å². The van der Waals surface area contributed by atoms with Crippen molar-refractivity contribution >= 4 is 8.25 Å². The summed E-state index contributed by atoms with van der Waals surface area (Å²) in [5.74, 6) is 2.55. The van der Waals surface area contributed by atoms with Gasteiger partial charge in [0.25, 0.3) is 0 Å². The molecule has 15 heavy (non-hydrogen) atoms. The van der Waals surface area contributed by atoms with Crippen LogP contribution in [0.15, 0.2) is 25.3 Å². The minimum atomic E-state index is -2.19. The van der Waals surface area contributed by atoms with Gasteiger partial charge >= 0.3 is 8.25 Å². The molecule has 82 valence electrons. The van der Waals surface area contributed by atoms with E-state index in [9.17, 15) is 4.57 Å². The topological polar surface area (TPSA) is 35.5 Å². The first-order chi connectivity index (χ1) is 6.97. The van der Waals surface area contributed by atoms with Crippen LogP contribution in [0.3, 0.4) is 0 Å². The Balaban J connectivity index is 4.35. The molecule has 0 aromatic rings. The maximum Gasteiger partial charge on any atom is 0.698 e. The van der Waals surface area contributed by atoms with Crippen molar-refractivity contribution in [3.05, 3.63) is 25.3 Å². The van der Waals surface area contributed by atoms with Crippen molar-refractivity contribution in [2.24, 2.45) is 5.41 Å². The highest BCUT2D eigenvalue weighted by atomic mass is 31.1. The van der Waals surface area contributed by atoms with E-state index >= 15 is 0 Å². The van der Waals surface area contributed by atoms with E-state index in [4.69, 9.17) is 15.5 Å². The average Bonchev–Trinajstić information content (AvgIpc) is 2.22. The Labute approximate surface area is 92.1 Å². The van der Waals surface area contributed by atoms with Crippen molar-refractivity contribution in [2.45, 2.75) is 20.0 Å². The molecule has 2 unspecified atom stereocenters. The third kappa shape index (κ3) is 4.90. The first kappa shape index (κ1) is 14.1. The molecule has 3 nitrogen and oxygen atoms in total. The molecule has 0 aromatic carbocycles. The molecule has 0 saturated carbocycles. The van der Waals surface area contributed by atoms with Gasteiger partial charge in [0.15, 0.2) is 0 Å². The fourth-order valence-electron chi connectivity index (χ4n) is 0.788. The molecule has 0 spiro atoms. The van der Waals surface area contributed by atoms with E-state index in [0.29, 0.717) is 0 Å². The second kappa shape index (κ2) is 6.53. The van der Waals surface area contributed by atoms with Crippen LogP contribution in [0, 0.1) is 17.8 Å². The molecule has 0 aromatic heterocycles. The van der Waals surface area contributed by atoms with Gasteiger partial charge in [-0.1, -0.05) is 18.1 Å². The maximum atomic E-state index is 11.3. The third-order valence-electron chi connectivity index (χ3n) is 1.79. The molecule has 0 N–H and O–H groups in total. The summed E-state index contributed by atoms with van der Waals surface area (Å²) in [6.45, 7) is 10.8. The predicted octanol–water partition coefficient (Wildman–Crippen LogP) is 3.08. The Hall–Kier alpha value is -0.940. The van der Waals surface area contributed by atoms with Crippen molar-refractivity contribution in [1.82, 2.24) is 0 Å². The van der Waals surface area contributed by atoms with Crippen molar-refractivity contribution in [3.63, 3.8) is 0 Å². The molecule has 0 saturated heterocycles. The minimum absolute atomic E-state index is 0.176. The van der Waals surface area contributed by atoms with Crippen molar-refractivity contribution in [1.29, 1.82) is 0 Å². The lowest BCUT2D eigenvalue weighted by atomic mass is 9.88. The molecule has 0 aliphatic rings. The summed E-state index contributed by atoms with van der Waals surface area (Å²) in [6.07, 6.45) is 7.84. The van der Waals surface area contributed by atoms with Gasteiger partial charge in [-0.3, -0.25) is 0 Å². The van der Waals surface area contributed by atoms with Gasteiger partial charge in [0.05, 0.1) is 5.41 Å². The van der Waals surface area contributed by atoms with Crippen LogP contribution in [0.5, 0.6) is 0 Å². The highest BCUT2D eigenvalue weighted by Gasteiger charge is 2.35. The van der Waals surface area contributed by atoms with Crippen LogP contribution in [-0.2, 0) is 13.6 Å². The highest BCUT2D eigenvalue weighted by molar-refractivity contribution is 7.33. The first-order valence-corrected chi connectivity index (χ1v) is 5.55. The van der Waals surface area contributed by atoms with Gasteiger partial charge in [0.2, 0.25) is 0 Å². The van der Waals surface area contributed by atoms with E-state index in [1.54, 1.807) is 13.8 Å². The molecule has 4 heteroatoms. The summed E-state index contributed by atoms with van der Waals surface area (Å²) < 4.78 is 21.2.